The molecule has 3 aliphatic heterocycles. The summed E-state index contributed by atoms with van der Waals surface area (Å²) in [4.78, 5) is 45.5. The van der Waals surface area contributed by atoms with Gasteiger partial charge in [-0.05, 0) is 54.7 Å². The first-order chi connectivity index (χ1) is 17.5. The van der Waals surface area contributed by atoms with Crippen LogP contribution in [-0.2, 0) is 21.0 Å². The van der Waals surface area contributed by atoms with Crippen LogP contribution in [0.3, 0.4) is 0 Å². The van der Waals surface area contributed by atoms with Crippen LogP contribution in [0.4, 0.5) is 4.79 Å². The number of likely N-dealkylation sites (tertiary alicyclic amines) is 1. The summed E-state index contributed by atoms with van der Waals surface area (Å²) in [6.45, 7) is 1.36. The lowest BCUT2D eigenvalue weighted by Gasteiger charge is -2.37. The Labute approximate surface area is 208 Å². The normalized spacial score (nSPS) is 20.8. The number of carbonyl (C=O) groups excluding carboxylic acids is 3. The summed E-state index contributed by atoms with van der Waals surface area (Å²) in [5.41, 5.74) is 7.02. The van der Waals surface area contributed by atoms with E-state index < -0.39 is 24.1 Å². The Morgan fingerprint density at radius 3 is 2.44 bits per heavy atom. The lowest BCUT2D eigenvalue weighted by Crippen LogP contribution is -2.52. The molecule has 10 heteroatoms. The lowest BCUT2D eigenvalue weighted by atomic mass is 10.0. The van der Waals surface area contributed by atoms with Crippen molar-refractivity contribution < 1.29 is 33.4 Å². The van der Waals surface area contributed by atoms with Gasteiger partial charge in [0.1, 0.15) is 12.7 Å². The first kappa shape index (κ1) is 23.7. The molecular formula is C26H27N3O7. The predicted molar refractivity (Wildman–Crippen MR) is 127 cm³/mol. The number of hydrogen-bond acceptors (Lipinski definition) is 7. The number of piperidine rings is 1. The van der Waals surface area contributed by atoms with Gasteiger partial charge in [0.25, 0.3) is 5.91 Å². The van der Waals surface area contributed by atoms with Crippen LogP contribution in [0.2, 0.25) is 0 Å². The molecule has 2 atom stereocenters. The zero-order chi connectivity index (χ0) is 25.1. The topological polar surface area (TPSA) is 121 Å². The Morgan fingerprint density at radius 1 is 0.944 bits per heavy atom. The van der Waals surface area contributed by atoms with Crippen molar-refractivity contribution in [2.24, 2.45) is 5.73 Å². The molecule has 188 valence electrons. The summed E-state index contributed by atoms with van der Waals surface area (Å²) in [5.74, 6) is 0.471. The number of rotatable bonds is 5. The minimum atomic E-state index is -0.946. The Morgan fingerprint density at radius 2 is 1.69 bits per heavy atom. The summed E-state index contributed by atoms with van der Waals surface area (Å²) >= 11 is 0. The van der Waals surface area contributed by atoms with E-state index in [2.05, 4.69) is 0 Å². The molecule has 2 aromatic carbocycles. The third-order valence-corrected chi connectivity index (χ3v) is 6.37. The number of nitrogens with zero attached hydrogens (tertiary/aromatic N) is 2. The number of primary amides is 1. The molecular weight excluding hydrogens is 466 g/mol. The van der Waals surface area contributed by atoms with Crippen molar-refractivity contribution in [1.82, 2.24) is 9.96 Å². The van der Waals surface area contributed by atoms with Gasteiger partial charge in [0, 0.05) is 18.7 Å². The highest BCUT2D eigenvalue weighted by Crippen LogP contribution is 2.37. The summed E-state index contributed by atoms with van der Waals surface area (Å²) in [6.07, 6.45) is 4.94. The minimum Gasteiger partial charge on any atom is -0.454 e. The van der Waals surface area contributed by atoms with Crippen molar-refractivity contribution in [3.05, 3.63) is 71.3 Å². The van der Waals surface area contributed by atoms with Crippen molar-refractivity contribution >= 4 is 17.9 Å². The molecule has 2 aromatic rings. The maximum atomic E-state index is 13.3. The summed E-state index contributed by atoms with van der Waals surface area (Å²) < 4.78 is 16.3. The highest BCUT2D eigenvalue weighted by Gasteiger charge is 2.38. The van der Waals surface area contributed by atoms with Crippen LogP contribution in [0.15, 0.2) is 54.6 Å². The molecule has 2 unspecified atom stereocenters. The van der Waals surface area contributed by atoms with Crippen LogP contribution >= 0.6 is 0 Å². The minimum absolute atomic E-state index is 0.0687. The van der Waals surface area contributed by atoms with Gasteiger partial charge < -0.3 is 24.8 Å². The summed E-state index contributed by atoms with van der Waals surface area (Å²) in [5, 5.41) is 1.00. The van der Waals surface area contributed by atoms with Crippen LogP contribution in [-0.4, -0.2) is 53.8 Å². The number of amides is 3. The van der Waals surface area contributed by atoms with E-state index in [1.54, 1.807) is 53.5 Å². The summed E-state index contributed by atoms with van der Waals surface area (Å²) in [6, 6.07) is 10.9. The zero-order valence-corrected chi connectivity index (χ0v) is 19.6. The molecule has 0 aliphatic carbocycles. The average Bonchev–Trinajstić information content (AvgIpc) is 3.40. The number of nitrogens with two attached hydrogens (primary N) is 1. The molecule has 36 heavy (non-hydrogen) atoms. The molecule has 0 saturated carbocycles. The number of fused-ring (bicyclic) bond motifs is 1. The monoisotopic (exact) mass is 493 g/mol. The second-order valence-corrected chi connectivity index (χ2v) is 8.80. The van der Waals surface area contributed by atoms with Crippen LogP contribution in [0.5, 0.6) is 11.5 Å². The fraction of sp³-hybridized carbons (Fsp3) is 0.346. The molecule has 0 aromatic heterocycles. The average molecular weight is 494 g/mol. The molecule has 5 rings (SSSR count). The number of hydroxylamine groups is 2. The zero-order valence-electron chi connectivity index (χ0n) is 19.6. The highest BCUT2D eigenvalue weighted by molar-refractivity contribution is 5.92. The molecule has 1 fully saturated rings. The van der Waals surface area contributed by atoms with Crippen molar-refractivity contribution in [2.75, 3.05) is 19.9 Å². The molecule has 0 spiro atoms. The second-order valence-electron chi connectivity index (χ2n) is 8.80. The van der Waals surface area contributed by atoms with E-state index in [4.69, 9.17) is 24.8 Å². The maximum absolute atomic E-state index is 13.3. The molecule has 10 nitrogen and oxygen atoms in total. The molecule has 3 aliphatic rings. The molecule has 3 heterocycles. The van der Waals surface area contributed by atoms with Crippen LogP contribution in [0.1, 0.15) is 46.9 Å². The van der Waals surface area contributed by atoms with E-state index in [-0.39, 0.29) is 19.3 Å². The molecule has 1 saturated heterocycles. The van der Waals surface area contributed by atoms with Crippen molar-refractivity contribution in [3.63, 3.8) is 0 Å². The van der Waals surface area contributed by atoms with E-state index in [1.807, 2.05) is 6.07 Å². The Bertz CT molecular complexity index is 1170. The smallest absolute Gasteiger partial charge is 0.435 e. The standard InChI is InChI=1S/C26H27N3O7/c27-24(30)18-6-4-17(5-7-18)15-33-26(32)29-20(25(31)28-12-2-1-3-13-28)9-11-21(36-29)19-8-10-22-23(14-19)35-16-34-22/h4-11,14,20-21H,1-3,12-13,15-16H2,(H2,27,30). The van der Waals surface area contributed by atoms with Gasteiger partial charge in [-0.3, -0.25) is 14.4 Å². The first-order valence-corrected chi connectivity index (χ1v) is 11.9. The molecule has 0 radical (unpaired) electrons. The number of carbonyl (C=O) groups is 3. The maximum Gasteiger partial charge on any atom is 0.435 e. The third-order valence-electron chi connectivity index (χ3n) is 6.37. The third kappa shape index (κ3) is 4.99. The molecule has 3 amide bonds. The van der Waals surface area contributed by atoms with Crippen LogP contribution < -0.4 is 15.2 Å². The van der Waals surface area contributed by atoms with Crippen LogP contribution in [0.25, 0.3) is 0 Å². The van der Waals surface area contributed by atoms with Gasteiger partial charge in [-0.25, -0.2) is 4.79 Å². The van der Waals surface area contributed by atoms with E-state index in [0.717, 1.165) is 29.9 Å². The first-order valence-electron chi connectivity index (χ1n) is 11.9. The van der Waals surface area contributed by atoms with E-state index in [9.17, 15) is 14.4 Å². The lowest BCUT2D eigenvalue weighted by molar-refractivity contribution is -0.194. The van der Waals surface area contributed by atoms with Crippen molar-refractivity contribution in [3.8, 4) is 11.5 Å². The predicted octanol–water partition coefficient (Wildman–Crippen LogP) is 3.08. The number of benzene rings is 2. The quantitative estimate of drug-likeness (QED) is 0.636. The van der Waals surface area contributed by atoms with Gasteiger partial charge in [0.15, 0.2) is 17.5 Å². The van der Waals surface area contributed by atoms with E-state index in [1.165, 1.54) is 0 Å². The Kier molecular flexibility index (Phi) is 6.77. The second kappa shape index (κ2) is 10.3. The van der Waals surface area contributed by atoms with Crippen LogP contribution in [0, 0.1) is 0 Å². The highest BCUT2D eigenvalue weighted by atomic mass is 16.7. The van der Waals surface area contributed by atoms with Gasteiger partial charge >= 0.3 is 6.09 Å². The van der Waals surface area contributed by atoms with Gasteiger partial charge in [-0.1, -0.05) is 30.4 Å². The van der Waals surface area contributed by atoms with E-state index in [0.29, 0.717) is 35.7 Å². The largest absolute Gasteiger partial charge is 0.454 e. The molecule has 2 N–H and O–H groups in total. The van der Waals surface area contributed by atoms with Gasteiger partial charge in [0.2, 0.25) is 12.7 Å². The Balaban J connectivity index is 1.34. The van der Waals surface area contributed by atoms with E-state index >= 15 is 0 Å². The Hall–Kier alpha value is -4.05. The molecule has 0 bridgehead atoms. The number of ether oxygens (including phenoxy) is 3. The van der Waals surface area contributed by atoms with Gasteiger partial charge in [-0.15, -0.1) is 0 Å². The van der Waals surface area contributed by atoms with Crippen molar-refractivity contribution in [1.29, 1.82) is 0 Å². The van der Waals surface area contributed by atoms with Gasteiger partial charge in [-0.2, -0.15) is 5.06 Å². The SMILES string of the molecule is NC(=O)c1ccc(COC(=O)N2OC(c3ccc4c(c3)OCO4)C=CC2C(=O)N2CCCCC2)cc1. The van der Waals surface area contributed by atoms with Gasteiger partial charge in [0.05, 0.1) is 0 Å². The number of hydrogen-bond donors (Lipinski definition) is 1. The fourth-order valence-electron chi connectivity index (χ4n) is 4.38. The summed E-state index contributed by atoms with van der Waals surface area (Å²) in [7, 11) is 0. The fourth-order valence-corrected chi connectivity index (χ4v) is 4.38. The van der Waals surface area contributed by atoms with Crippen molar-refractivity contribution in [2.45, 2.75) is 38.0 Å².